The van der Waals surface area contributed by atoms with Gasteiger partial charge in [-0.15, -0.1) is 0 Å². The molecular weight excluding hydrogens is 208 g/mol. The fourth-order valence-electron chi connectivity index (χ4n) is 1.28. The number of hydrogen-bond acceptors (Lipinski definition) is 3. The van der Waals surface area contributed by atoms with Crippen LogP contribution in [0.25, 0.3) is 0 Å². The molecule has 16 heavy (non-hydrogen) atoms. The third-order valence-corrected chi connectivity index (χ3v) is 2.07. The van der Waals surface area contributed by atoms with E-state index in [4.69, 9.17) is 5.11 Å². The smallest absolute Gasteiger partial charge is 0.312 e. The van der Waals surface area contributed by atoms with Gasteiger partial charge in [-0.3, -0.25) is 14.6 Å². The Morgan fingerprint density at radius 1 is 1.44 bits per heavy atom. The number of aliphatic carboxylic acids is 1. The molecule has 1 heterocycles. The normalized spacial score (nSPS) is 9.88. The van der Waals surface area contributed by atoms with Crippen molar-refractivity contribution < 1.29 is 14.7 Å². The lowest BCUT2D eigenvalue weighted by atomic mass is 10.3. The fraction of sp³-hybridized carbons (Fsp3) is 0.364. The molecular formula is C11H14N2O3. The highest BCUT2D eigenvalue weighted by atomic mass is 16.4. The van der Waals surface area contributed by atoms with E-state index in [1.54, 1.807) is 13.1 Å². The number of rotatable bonds is 4. The molecule has 0 aliphatic carbocycles. The van der Waals surface area contributed by atoms with E-state index in [1.807, 2.05) is 19.1 Å². The second kappa shape index (κ2) is 5.25. The Labute approximate surface area is 93.7 Å². The minimum atomic E-state index is -1.12. The summed E-state index contributed by atoms with van der Waals surface area (Å²) in [5.74, 6) is -1.54. The third-order valence-electron chi connectivity index (χ3n) is 2.07. The van der Waals surface area contributed by atoms with Crippen LogP contribution >= 0.6 is 0 Å². The molecule has 0 bridgehead atoms. The van der Waals surface area contributed by atoms with E-state index in [0.717, 1.165) is 11.4 Å². The van der Waals surface area contributed by atoms with Crippen molar-refractivity contribution in [2.45, 2.75) is 19.9 Å². The highest BCUT2D eigenvalue weighted by Crippen LogP contribution is 2.03. The zero-order valence-corrected chi connectivity index (χ0v) is 9.30. The van der Waals surface area contributed by atoms with E-state index >= 15 is 0 Å². The number of carbonyl (C=O) groups is 2. The number of nitrogens with zero attached hydrogens (tertiary/aromatic N) is 2. The first kappa shape index (κ1) is 12.2. The van der Waals surface area contributed by atoms with Crippen LogP contribution in [0.5, 0.6) is 0 Å². The molecule has 0 aliphatic rings. The first-order valence-corrected chi connectivity index (χ1v) is 4.87. The lowest BCUT2D eigenvalue weighted by Gasteiger charge is -2.15. The predicted octanol–water partition coefficient (Wildman–Crippen LogP) is 0.823. The van der Waals surface area contributed by atoms with Crippen LogP contribution < -0.4 is 0 Å². The molecule has 1 N–H and O–H groups in total. The summed E-state index contributed by atoms with van der Waals surface area (Å²) in [6.07, 6.45) is -0.484. The van der Waals surface area contributed by atoms with Gasteiger partial charge in [0.2, 0.25) is 5.91 Å². The Hall–Kier alpha value is -1.91. The molecule has 1 aromatic heterocycles. The van der Waals surface area contributed by atoms with Gasteiger partial charge in [0.25, 0.3) is 0 Å². The summed E-state index contributed by atoms with van der Waals surface area (Å²) in [4.78, 5) is 27.3. The molecule has 0 aromatic carbocycles. The fourth-order valence-corrected chi connectivity index (χ4v) is 1.28. The Kier molecular flexibility index (Phi) is 3.99. The molecule has 0 fully saturated rings. The molecule has 1 amide bonds. The predicted molar refractivity (Wildman–Crippen MR) is 57.7 cm³/mol. The number of carbonyl (C=O) groups excluding carboxylic acids is 1. The molecule has 0 saturated heterocycles. The van der Waals surface area contributed by atoms with Crippen LogP contribution in [0.2, 0.25) is 0 Å². The first-order valence-electron chi connectivity index (χ1n) is 4.87. The van der Waals surface area contributed by atoms with Gasteiger partial charge in [0.1, 0.15) is 6.42 Å². The Morgan fingerprint density at radius 3 is 2.69 bits per heavy atom. The highest BCUT2D eigenvalue weighted by Gasteiger charge is 2.13. The zero-order valence-electron chi connectivity index (χ0n) is 9.30. The van der Waals surface area contributed by atoms with Gasteiger partial charge in [-0.25, -0.2) is 0 Å². The summed E-state index contributed by atoms with van der Waals surface area (Å²) in [7, 11) is 1.56. The first-order chi connectivity index (χ1) is 7.49. The van der Waals surface area contributed by atoms with Crippen LogP contribution in [0.15, 0.2) is 18.2 Å². The summed E-state index contributed by atoms with van der Waals surface area (Å²) in [6, 6.07) is 5.52. The van der Waals surface area contributed by atoms with E-state index < -0.39 is 18.3 Å². The van der Waals surface area contributed by atoms with Gasteiger partial charge in [-0.05, 0) is 19.1 Å². The Balaban J connectivity index is 2.60. The molecule has 5 nitrogen and oxygen atoms in total. The van der Waals surface area contributed by atoms with Crippen molar-refractivity contribution in [1.29, 1.82) is 0 Å². The molecule has 0 aliphatic heterocycles. The summed E-state index contributed by atoms with van der Waals surface area (Å²) in [5.41, 5.74) is 1.62. The average Bonchev–Trinajstić information content (AvgIpc) is 2.16. The number of pyridine rings is 1. The average molecular weight is 222 g/mol. The van der Waals surface area contributed by atoms with Gasteiger partial charge in [0.15, 0.2) is 0 Å². The van der Waals surface area contributed by atoms with Crippen molar-refractivity contribution in [3.63, 3.8) is 0 Å². The van der Waals surface area contributed by atoms with E-state index in [9.17, 15) is 9.59 Å². The van der Waals surface area contributed by atoms with Gasteiger partial charge in [-0.2, -0.15) is 0 Å². The summed E-state index contributed by atoms with van der Waals surface area (Å²) in [6.45, 7) is 2.19. The molecule has 0 spiro atoms. The van der Waals surface area contributed by atoms with Gasteiger partial charge in [-0.1, -0.05) is 6.07 Å². The second-order valence-corrected chi connectivity index (χ2v) is 3.59. The van der Waals surface area contributed by atoms with Gasteiger partial charge in [0.05, 0.1) is 12.2 Å². The molecule has 5 heteroatoms. The third kappa shape index (κ3) is 3.68. The quantitative estimate of drug-likeness (QED) is 0.766. The summed E-state index contributed by atoms with van der Waals surface area (Å²) in [5, 5.41) is 8.48. The molecule has 1 aromatic rings. The Morgan fingerprint density at radius 2 is 2.12 bits per heavy atom. The van der Waals surface area contributed by atoms with Crippen molar-refractivity contribution in [2.24, 2.45) is 0 Å². The lowest BCUT2D eigenvalue weighted by Crippen LogP contribution is -2.28. The highest BCUT2D eigenvalue weighted by molar-refractivity contribution is 5.93. The van der Waals surface area contributed by atoms with Crippen molar-refractivity contribution in [1.82, 2.24) is 9.88 Å². The molecule has 1 rings (SSSR count). The van der Waals surface area contributed by atoms with Crippen molar-refractivity contribution >= 4 is 11.9 Å². The second-order valence-electron chi connectivity index (χ2n) is 3.59. The number of aromatic nitrogens is 1. The van der Waals surface area contributed by atoms with E-state index in [0.29, 0.717) is 6.54 Å². The maximum absolute atomic E-state index is 11.4. The van der Waals surface area contributed by atoms with E-state index in [1.165, 1.54) is 4.90 Å². The minimum Gasteiger partial charge on any atom is -0.481 e. The lowest BCUT2D eigenvalue weighted by molar-refractivity contribution is -0.143. The van der Waals surface area contributed by atoms with Crippen molar-refractivity contribution in [3.8, 4) is 0 Å². The zero-order chi connectivity index (χ0) is 12.1. The summed E-state index contributed by atoms with van der Waals surface area (Å²) < 4.78 is 0. The monoisotopic (exact) mass is 222 g/mol. The van der Waals surface area contributed by atoms with Crippen molar-refractivity contribution in [2.75, 3.05) is 7.05 Å². The van der Waals surface area contributed by atoms with Crippen LogP contribution in [0.3, 0.4) is 0 Å². The molecule has 0 atom stereocenters. The van der Waals surface area contributed by atoms with E-state index in [-0.39, 0.29) is 0 Å². The van der Waals surface area contributed by atoms with Crippen LogP contribution in [-0.2, 0) is 16.1 Å². The maximum atomic E-state index is 11.4. The molecule has 86 valence electrons. The van der Waals surface area contributed by atoms with E-state index in [2.05, 4.69) is 4.98 Å². The van der Waals surface area contributed by atoms with Crippen LogP contribution in [0, 0.1) is 6.92 Å². The molecule has 0 unspecified atom stereocenters. The minimum absolute atomic E-state index is 0.327. The largest absolute Gasteiger partial charge is 0.481 e. The number of carboxylic acids is 1. The van der Waals surface area contributed by atoms with Crippen LogP contribution in [0.1, 0.15) is 17.8 Å². The van der Waals surface area contributed by atoms with Gasteiger partial charge in [0, 0.05) is 12.7 Å². The number of amides is 1. The van der Waals surface area contributed by atoms with Crippen molar-refractivity contribution in [3.05, 3.63) is 29.6 Å². The van der Waals surface area contributed by atoms with Gasteiger partial charge >= 0.3 is 5.97 Å². The summed E-state index contributed by atoms with van der Waals surface area (Å²) >= 11 is 0. The molecule has 0 radical (unpaired) electrons. The number of carboxylic acid groups (broad SMARTS) is 1. The van der Waals surface area contributed by atoms with Crippen LogP contribution in [0.4, 0.5) is 0 Å². The SMILES string of the molecule is Cc1cccc(CN(C)C(=O)CC(=O)O)n1. The van der Waals surface area contributed by atoms with Gasteiger partial charge < -0.3 is 10.0 Å². The molecule has 0 saturated carbocycles. The Bertz CT molecular complexity index is 404. The maximum Gasteiger partial charge on any atom is 0.312 e. The van der Waals surface area contributed by atoms with Crippen LogP contribution in [-0.4, -0.2) is 33.9 Å². The topological polar surface area (TPSA) is 70.5 Å². The number of aryl methyl sites for hydroxylation is 1. The standard InChI is InChI=1S/C11H14N2O3/c1-8-4-3-5-9(12-8)7-13(2)10(14)6-11(15)16/h3-5H,6-7H2,1-2H3,(H,15,16). The number of hydrogen-bond donors (Lipinski definition) is 1.